The third kappa shape index (κ3) is 5.68. The van der Waals surface area contributed by atoms with E-state index in [1.54, 1.807) is 4.90 Å². The Balaban J connectivity index is 1.70. The van der Waals surface area contributed by atoms with E-state index in [0.29, 0.717) is 43.0 Å². The number of hydrogen-bond donors (Lipinski definition) is 2. The summed E-state index contributed by atoms with van der Waals surface area (Å²) < 4.78 is 0. The Kier molecular flexibility index (Phi) is 7.78. The zero-order chi connectivity index (χ0) is 22.7. The van der Waals surface area contributed by atoms with Crippen LogP contribution in [0.1, 0.15) is 59.8 Å². The second-order valence-corrected chi connectivity index (χ2v) is 10.0. The highest BCUT2D eigenvalue weighted by Gasteiger charge is 2.50. The molecule has 1 aliphatic heterocycles. The van der Waals surface area contributed by atoms with Crippen LogP contribution in [-0.2, 0) is 9.59 Å². The van der Waals surface area contributed by atoms with E-state index in [0.717, 1.165) is 50.1 Å². The molecule has 0 aromatic carbocycles. The van der Waals surface area contributed by atoms with E-state index >= 15 is 0 Å². The molecule has 31 heavy (non-hydrogen) atoms. The molecule has 2 aliphatic carbocycles. The molecule has 1 saturated heterocycles. The highest BCUT2D eigenvalue weighted by Crippen LogP contribution is 2.54. The van der Waals surface area contributed by atoms with Crippen LogP contribution in [0.5, 0.6) is 0 Å². The summed E-state index contributed by atoms with van der Waals surface area (Å²) in [4.78, 5) is 34.2. The fourth-order valence-corrected chi connectivity index (χ4v) is 4.82. The van der Waals surface area contributed by atoms with Crippen molar-refractivity contribution >= 4 is 17.5 Å². The Morgan fingerprint density at radius 3 is 2.71 bits per heavy atom. The van der Waals surface area contributed by atoms with E-state index in [2.05, 4.69) is 25.8 Å². The molecule has 2 amide bonds. The van der Waals surface area contributed by atoms with Gasteiger partial charge in [-0.25, -0.2) is 0 Å². The van der Waals surface area contributed by atoms with Gasteiger partial charge in [-0.15, -0.1) is 0 Å². The standard InChI is InChI=1S/C24H40N4O3/c1-5-8-27(9-6-15(2)3)21(30)13-26-19-12-17-11-18(17)22(19)23(25)24(31)28-10-7-20(29)16(4)14-28/h15-18,20,29H,5-14,25H2,1-4H3/b23-22-,26-19?. The van der Waals surface area contributed by atoms with Gasteiger partial charge in [-0.3, -0.25) is 14.6 Å². The first kappa shape index (κ1) is 23.8. The lowest BCUT2D eigenvalue weighted by Gasteiger charge is -2.34. The Hall–Kier alpha value is -1.89. The molecular weight excluding hydrogens is 392 g/mol. The third-order valence-electron chi connectivity index (χ3n) is 6.96. The van der Waals surface area contributed by atoms with Crippen LogP contribution >= 0.6 is 0 Å². The minimum Gasteiger partial charge on any atom is -0.394 e. The third-order valence-corrected chi connectivity index (χ3v) is 6.96. The molecule has 0 radical (unpaired) electrons. The van der Waals surface area contributed by atoms with E-state index in [1.165, 1.54) is 0 Å². The topological polar surface area (TPSA) is 99.2 Å². The number of rotatable bonds is 8. The fourth-order valence-electron chi connectivity index (χ4n) is 4.82. The molecule has 1 heterocycles. The molecule has 174 valence electrons. The number of allylic oxidation sites excluding steroid dienone is 1. The smallest absolute Gasteiger partial charge is 0.270 e. The first-order chi connectivity index (χ1) is 14.7. The van der Waals surface area contributed by atoms with Crippen molar-refractivity contribution in [2.24, 2.45) is 34.4 Å². The Morgan fingerprint density at radius 2 is 2.06 bits per heavy atom. The summed E-state index contributed by atoms with van der Waals surface area (Å²) in [7, 11) is 0. The number of fused-ring (bicyclic) bond motifs is 1. The van der Waals surface area contributed by atoms with Crippen molar-refractivity contribution in [3.8, 4) is 0 Å². The van der Waals surface area contributed by atoms with Crippen molar-refractivity contribution in [1.82, 2.24) is 9.80 Å². The Bertz CT molecular complexity index is 745. The van der Waals surface area contributed by atoms with Gasteiger partial charge < -0.3 is 20.6 Å². The number of aliphatic imine (C=N–C) groups is 1. The average molecular weight is 433 g/mol. The van der Waals surface area contributed by atoms with Crippen molar-refractivity contribution in [1.29, 1.82) is 0 Å². The Labute approximate surface area is 186 Å². The largest absolute Gasteiger partial charge is 0.394 e. The summed E-state index contributed by atoms with van der Waals surface area (Å²) in [6.07, 6.45) is 4.02. The van der Waals surface area contributed by atoms with Gasteiger partial charge in [0.05, 0.1) is 6.10 Å². The molecule has 3 N–H and O–H groups in total. The van der Waals surface area contributed by atoms with Crippen LogP contribution in [-0.4, -0.2) is 71.3 Å². The first-order valence-electron chi connectivity index (χ1n) is 12.0. The van der Waals surface area contributed by atoms with Crippen LogP contribution in [0.3, 0.4) is 0 Å². The number of carbonyl (C=O) groups excluding carboxylic acids is 2. The van der Waals surface area contributed by atoms with E-state index in [9.17, 15) is 14.7 Å². The molecule has 0 aromatic heterocycles. The number of aliphatic hydroxyl groups excluding tert-OH is 1. The van der Waals surface area contributed by atoms with E-state index < -0.39 is 0 Å². The minimum atomic E-state index is -0.359. The number of hydrogen-bond acceptors (Lipinski definition) is 5. The fraction of sp³-hybridized carbons (Fsp3) is 0.792. The summed E-state index contributed by atoms with van der Waals surface area (Å²) in [5, 5.41) is 9.96. The van der Waals surface area contributed by atoms with Crippen LogP contribution in [0.4, 0.5) is 0 Å². The maximum atomic E-state index is 13.1. The number of carbonyl (C=O) groups is 2. The zero-order valence-electron chi connectivity index (χ0n) is 19.6. The lowest BCUT2D eigenvalue weighted by Crippen LogP contribution is -2.46. The molecule has 3 aliphatic rings. The number of nitrogens with zero attached hydrogens (tertiary/aromatic N) is 3. The van der Waals surface area contributed by atoms with Gasteiger partial charge in [-0.05, 0) is 55.8 Å². The Morgan fingerprint density at radius 1 is 1.32 bits per heavy atom. The second kappa shape index (κ2) is 10.2. The summed E-state index contributed by atoms with van der Waals surface area (Å²) in [6.45, 7) is 11.1. The first-order valence-corrected chi connectivity index (χ1v) is 12.0. The van der Waals surface area contributed by atoms with Crippen LogP contribution < -0.4 is 5.73 Å². The molecule has 4 unspecified atom stereocenters. The molecule has 4 atom stereocenters. The molecule has 0 bridgehead atoms. The van der Waals surface area contributed by atoms with Crippen molar-refractivity contribution in [2.45, 2.75) is 65.9 Å². The van der Waals surface area contributed by atoms with Gasteiger partial charge in [0.15, 0.2) is 0 Å². The van der Waals surface area contributed by atoms with Gasteiger partial charge >= 0.3 is 0 Å². The molecular formula is C24H40N4O3. The van der Waals surface area contributed by atoms with Gasteiger partial charge in [0, 0.05) is 37.5 Å². The molecule has 0 aromatic rings. The summed E-state index contributed by atoms with van der Waals surface area (Å²) in [5.41, 5.74) is 8.41. The van der Waals surface area contributed by atoms with Crippen LogP contribution in [0.15, 0.2) is 16.3 Å². The predicted octanol–water partition coefficient (Wildman–Crippen LogP) is 2.19. The zero-order valence-corrected chi connectivity index (χ0v) is 19.6. The van der Waals surface area contributed by atoms with Gasteiger partial charge in [0.25, 0.3) is 5.91 Å². The highest BCUT2D eigenvalue weighted by atomic mass is 16.3. The van der Waals surface area contributed by atoms with Gasteiger partial charge in [-0.1, -0.05) is 27.7 Å². The molecule has 7 heteroatoms. The molecule has 2 saturated carbocycles. The van der Waals surface area contributed by atoms with Crippen LogP contribution in [0.25, 0.3) is 0 Å². The van der Waals surface area contributed by atoms with Crippen molar-refractivity contribution in [3.63, 3.8) is 0 Å². The summed E-state index contributed by atoms with van der Waals surface area (Å²) >= 11 is 0. The second-order valence-electron chi connectivity index (χ2n) is 10.0. The maximum Gasteiger partial charge on any atom is 0.270 e. The lowest BCUT2D eigenvalue weighted by molar-refractivity contribution is -0.131. The summed E-state index contributed by atoms with van der Waals surface area (Å²) in [6, 6.07) is 0. The number of aliphatic hydroxyl groups is 1. The average Bonchev–Trinajstić information content (AvgIpc) is 3.40. The molecule has 3 fully saturated rings. The normalized spacial score (nSPS) is 30.5. The van der Waals surface area contributed by atoms with Gasteiger partial charge in [-0.2, -0.15) is 0 Å². The lowest BCUT2D eigenvalue weighted by atomic mass is 9.96. The van der Waals surface area contributed by atoms with Crippen molar-refractivity contribution in [3.05, 3.63) is 11.3 Å². The quantitative estimate of drug-likeness (QED) is 0.574. The number of nitrogens with two attached hydrogens (primary N) is 1. The van der Waals surface area contributed by atoms with Crippen LogP contribution in [0.2, 0.25) is 0 Å². The van der Waals surface area contributed by atoms with E-state index in [1.807, 2.05) is 11.8 Å². The van der Waals surface area contributed by atoms with Gasteiger partial charge in [0.2, 0.25) is 5.91 Å². The van der Waals surface area contributed by atoms with E-state index in [-0.39, 0.29) is 30.4 Å². The van der Waals surface area contributed by atoms with Crippen molar-refractivity contribution in [2.75, 3.05) is 32.7 Å². The van der Waals surface area contributed by atoms with Crippen LogP contribution in [0, 0.1) is 23.7 Å². The highest BCUT2D eigenvalue weighted by molar-refractivity contribution is 6.11. The minimum absolute atomic E-state index is 0.0499. The molecule has 7 nitrogen and oxygen atoms in total. The number of likely N-dealkylation sites (tertiary alicyclic amines) is 1. The maximum absolute atomic E-state index is 13.1. The summed E-state index contributed by atoms with van der Waals surface area (Å²) in [5.74, 6) is 1.35. The van der Waals surface area contributed by atoms with Crippen molar-refractivity contribution < 1.29 is 14.7 Å². The molecule has 0 spiro atoms. The van der Waals surface area contributed by atoms with Gasteiger partial charge in [0.1, 0.15) is 12.2 Å². The molecule has 3 rings (SSSR count). The monoisotopic (exact) mass is 432 g/mol. The predicted molar refractivity (Wildman–Crippen MR) is 122 cm³/mol. The SMILES string of the molecule is CCCN(CCC(C)C)C(=O)CN=C1CC2CC2/C1=C(/N)C(=O)N1CCC(O)C(C)C1. The number of piperidine rings is 1. The number of amides is 2. The van der Waals surface area contributed by atoms with E-state index in [4.69, 9.17) is 5.73 Å².